The third kappa shape index (κ3) is 4.38. The highest BCUT2D eigenvalue weighted by Gasteiger charge is 2.65. The normalized spacial score (nSPS) is 18.7. The summed E-state index contributed by atoms with van der Waals surface area (Å²) in [5.41, 5.74) is 4.12. The van der Waals surface area contributed by atoms with Crippen LogP contribution in [0.2, 0.25) is 5.02 Å². The fourth-order valence-corrected chi connectivity index (χ4v) is 5.04. The number of para-hydroxylation sites is 1. The molecule has 0 aliphatic heterocycles. The first kappa shape index (κ1) is 22.7. The fourth-order valence-electron chi connectivity index (χ4n) is 3.95. The minimum atomic E-state index is -0.991. The van der Waals surface area contributed by atoms with E-state index in [9.17, 15) is 4.39 Å². The molecule has 164 valence electrons. The fraction of sp³-hybridized carbons (Fsp3) is 0.154. The van der Waals surface area contributed by atoms with E-state index in [1.54, 1.807) is 18.2 Å². The summed E-state index contributed by atoms with van der Waals surface area (Å²) in [5.74, 6) is -0.710. The molecule has 2 unspecified atom stereocenters. The quantitative estimate of drug-likeness (QED) is 0.339. The van der Waals surface area contributed by atoms with Gasteiger partial charge in [0.15, 0.2) is 0 Å². The zero-order valence-corrected chi connectivity index (χ0v) is 19.7. The molecule has 1 aliphatic carbocycles. The van der Waals surface area contributed by atoms with Crippen molar-refractivity contribution in [3.8, 4) is 0 Å². The standard InChI is InChI=1S/C26H22Cl3FN2/c1-16(24-25(26(24,28)29)18-8-7-9-19(27)14-18)31-20-12-13-23(30)22(15-20)17(2)32(3)21-10-5-4-6-11-21/h4-15,24-25,31H,1-2H2,3H3. The van der Waals surface area contributed by atoms with Crippen LogP contribution < -0.4 is 10.2 Å². The van der Waals surface area contributed by atoms with Crippen molar-refractivity contribution in [1.29, 1.82) is 0 Å². The molecule has 0 radical (unpaired) electrons. The maximum absolute atomic E-state index is 14.7. The zero-order chi connectivity index (χ0) is 23.0. The zero-order valence-electron chi connectivity index (χ0n) is 17.5. The SMILES string of the molecule is C=C(Nc1ccc(F)c(C(=C)N(C)c2ccccc2)c1)C1C(c2cccc(Cl)c2)C1(Cl)Cl. The van der Waals surface area contributed by atoms with Gasteiger partial charge >= 0.3 is 0 Å². The maximum atomic E-state index is 14.7. The molecule has 3 aromatic rings. The molecule has 2 atom stereocenters. The van der Waals surface area contributed by atoms with Gasteiger partial charge in [-0.2, -0.15) is 0 Å². The van der Waals surface area contributed by atoms with Crippen LogP contribution in [0.15, 0.2) is 91.7 Å². The maximum Gasteiger partial charge on any atom is 0.134 e. The molecule has 2 nitrogen and oxygen atoms in total. The molecule has 6 heteroatoms. The van der Waals surface area contributed by atoms with Gasteiger partial charge in [-0.1, -0.05) is 55.1 Å². The van der Waals surface area contributed by atoms with E-state index in [0.717, 1.165) is 11.3 Å². The summed E-state index contributed by atoms with van der Waals surface area (Å²) >= 11 is 19.3. The minimum Gasteiger partial charge on any atom is -0.359 e. The number of nitrogens with one attached hydrogen (secondary N) is 1. The average molecular weight is 488 g/mol. The highest BCUT2D eigenvalue weighted by atomic mass is 35.5. The highest BCUT2D eigenvalue weighted by Crippen LogP contribution is 2.67. The smallest absolute Gasteiger partial charge is 0.134 e. The van der Waals surface area contributed by atoms with Gasteiger partial charge in [0, 0.05) is 52.2 Å². The van der Waals surface area contributed by atoms with Crippen LogP contribution in [0.4, 0.5) is 15.8 Å². The van der Waals surface area contributed by atoms with Crippen molar-refractivity contribution in [3.63, 3.8) is 0 Å². The first-order valence-corrected chi connectivity index (χ1v) is 11.2. The van der Waals surface area contributed by atoms with E-state index < -0.39 is 4.33 Å². The van der Waals surface area contributed by atoms with Crippen LogP contribution in [0.5, 0.6) is 0 Å². The van der Waals surface area contributed by atoms with Gasteiger partial charge in [-0.05, 0) is 48.0 Å². The second kappa shape index (κ2) is 8.82. The van der Waals surface area contributed by atoms with Crippen LogP contribution in [0, 0.1) is 11.7 Å². The van der Waals surface area contributed by atoms with Crippen LogP contribution >= 0.6 is 34.8 Å². The van der Waals surface area contributed by atoms with Gasteiger partial charge in [0.1, 0.15) is 10.2 Å². The molecule has 0 bridgehead atoms. The van der Waals surface area contributed by atoms with Gasteiger partial charge < -0.3 is 10.2 Å². The minimum absolute atomic E-state index is 0.136. The Balaban J connectivity index is 1.53. The number of rotatable bonds is 7. The van der Waals surface area contributed by atoms with Crippen molar-refractivity contribution in [1.82, 2.24) is 0 Å². The number of hydrogen-bond acceptors (Lipinski definition) is 2. The molecule has 1 aliphatic rings. The summed E-state index contributed by atoms with van der Waals surface area (Å²) in [5, 5.41) is 3.88. The highest BCUT2D eigenvalue weighted by molar-refractivity contribution is 6.52. The van der Waals surface area contributed by atoms with E-state index in [1.807, 2.05) is 60.5 Å². The Labute approximate surface area is 202 Å². The van der Waals surface area contributed by atoms with Crippen LogP contribution in [-0.4, -0.2) is 11.4 Å². The molecule has 1 saturated carbocycles. The summed E-state index contributed by atoms with van der Waals surface area (Å²) in [4.78, 5) is 1.84. The topological polar surface area (TPSA) is 15.3 Å². The average Bonchev–Trinajstić information content (AvgIpc) is 3.36. The second-order valence-corrected chi connectivity index (χ2v) is 9.75. The molecule has 0 saturated heterocycles. The Morgan fingerprint density at radius 3 is 2.41 bits per heavy atom. The lowest BCUT2D eigenvalue weighted by Crippen LogP contribution is -2.15. The second-order valence-electron chi connectivity index (χ2n) is 7.87. The van der Waals surface area contributed by atoms with E-state index in [0.29, 0.717) is 27.7 Å². The number of hydrogen-bond donors (Lipinski definition) is 1. The van der Waals surface area contributed by atoms with Gasteiger partial charge in [0.2, 0.25) is 0 Å². The van der Waals surface area contributed by atoms with E-state index in [2.05, 4.69) is 18.5 Å². The molecule has 1 fully saturated rings. The molecule has 3 aromatic carbocycles. The molecule has 0 amide bonds. The summed E-state index contributed by atoms with van der Waals surface area (Å²) in [6.45, 7) is 8.24. The van der Waals surface area contributed by atoms with E-state index in [1.165, 1.54) is 6.07 Å². The lowest BCUT2D eigenvalue weighted by atomic mass is 10.1. The van der Waals surface area contributed by atoms with Crippen LogP contribution in [0.3, 0.4) is 0 Å². The predicted molar refractivity (Wildman–Crippen MR) is 135 cm³/mol. The summed E-state index contributed by atoms with van der Waals surface area (Å²) in [7, 11) is 1.85. The molecule has 0 aromatic heterocycles. The van der Waals surface area contributed by atoms with Crippen molar-refractivity contribution in [2.24, 2.45) is 5.92 Å². The number of allylic oxidation sites excluding steroid dienone is 1. The van der Waals surface area contributed by atoms with E-state index in [4.69, 9.17) is 34.8 Å². The lowest BCUT2D eigenvalue weighted by Gasteiger charge is -2.23. The van der Waals surface area contributed by atoms with Gasteiger partial charge in [0.05, 0.1) is 0 Å². The van der Waals surface area contributed by atoms with Crippen LogP contribution in [-0.2, 0) is 0 Å². The van der Waals surface area contributed by atoms with Crippen LogP contribution in [0.25, 0.3) is 5.70 Å². The molecule has 0 heterocycles. The number of alkyl halides is 2. The number of benzene rings is 3. The van der Waals surface area contributed by atoms with Crippen molar-refractivity contribution in [2.75, 3.05) is 17.3 Å². The number of halogens is 4. The first-order chi connectivity index (χ1) is 15.2. The molecular weight excluding hydrogens is 466 g/mol. The van der Waals surface area contributed by atoms with Gasteiger partial charge in [-0.15, -0.1) is 23.2 Å². The molecular formula is C26H22Cl3FN2. The van der Waals surface area contributed by atoms with Crippen molar-refractivity contribution in [3.05, 3.63) is 114 Å². The first-order valence-electron chi connectivity index (χ1n) is 10.1. The van der Waals surface area contributed by atoms with Gasteiger partial charge in [-0.25, -0.2) is 4.39 Å². The Morgan fingerprint density at radius 1 is 1.00 bits per heavy atom. The molecule has 4 rings (SSSR count). The number of anilines is 2. The van der Waals surface area contributed by atoms with Crippen molar-refractivity contribution >= 4 is 51.9 Å². The summed E-state index contributed by atoms with van der Waals surface area (Å²) < 4.78 is 13.7. The van der Waals surface area contributed by atoms with E-state index in [-0.39, 0.29) is 17.7 Å². The van der Waals surface area contributed by atoms with Gasteiger partial charge in [-0.3, -0.25) is 0 Å². The Bertz CT molecular complexity index is 1180. The van der Waals surface area contributed by atoms with Crippen LogP contribution in [0.1, 0.15) is 17.0 Å². The Morgan fingerprint density at radius 2 is 1.72 bits per heavy atom. The Kier molecular flexibility index (Phi) is 6.26. The third-order valence-corrected chi connectivity index (χ3v) is 6.94. The largest absolute Gasteiger partial charge is 0.359 e. The third-order valence-electron chi connectivity index (χ3n) is 5.77. The summed E-state index contributed by atoms with van der Waals surface area (Å²) in [6.07, 6.45) is 0. The molecule has 0 spiro atoms. The lowest BCUT2D eigenvalue weighted by molar-refractivity contribution is 0.623. The van der Waals surface area contributed by atoms with Crippen molar-refractivity contribution < 1.29 is 4.39 Å². The number of nitrogens with zero attached hydrogens (tertiary/aromatic N) is 1. The molecule has 1 N–H and O–H groups in total. The van der Waals surface area contributed by atoms with Crippen molar-refractivity contribution in [2.45, 2.75) is 10.3 Å². The molecule has 32 heavy (non-hydrogen) atoms. The van der Waals surface area contributed by atoms with Gasteiger partial charge in [0.25, 0.3) is 0 Å². The van der Waals surface area contributed by atoms with E-state index >= 15 is 0 Å². The predicted octanol–water partition coefficient (Wildman–Crippen LogP) is 8.10. The monoisotopic (exact) mass is 486 g/mol. The Hall–Kier alpha value is -2.46. The summed E-state index contributed by atoms with van der Waals surface area (Å²) in [6, 6.07) is 21.9.